The molecule has 0 amide bonds. The van der Waals surface area contributed by atoms with Crippen LogP contribution in [-0.4, -0.2) is 28.7 Å². The van der Waals surface area contributed by atoms with Crippen LogP contribution >= 0.6 is 12.2 Å². The zero-order valence-corrected chi connectivity index (χ0v) is 18.5. The Bertz CT molecular complexity index is 1420. The number of hydrogen-bond acceptors (Lipinski definition) is 5. The highest BCUT2D eigenvalue weighted by molar-refractivity contribution is 7.71. The first-order valence-corrected chi connectivity index (χ1v) is 11.3. The van der Waals surface area contributed by atoms with Crippen LogP contribution in [0.15, 0.2) is 19.6 Å². The van der Waals surface area contributed by atoms with Crippen LogP contribution in [0.5, 0.6) is 5.88 Å². The highest BCUT2D eigenvalue weighted by Crippen LogP contribution is 2.29. The van der Waals surface area contributed by atoms with E-state index in [0.717, 1.165) is 49.9 Å². The minimum Gasteiger partial charge on any atom is -0.859 e. The van der Waals surface area contributed by atoms with Gasteiger partial charge in [0.05, 0.1) is 18.3 Å². The molecule has 2 atom stereocenters. The number of aromatic amines is 1. The van der Waals surface area contributed by atoms with E-state index in [1.807, 2.05) is 6.92 Å². The van der Waals surface area contributed by atoms with E-state index in [9.17, 15) is 14.7 Å². The zero-order chi connectivity index (χ0) is 21.9. The number of aromatic nitrogens is 2. The van der Waals surface area contributed by atoms with Gasteiger partial charge in [0.25, 0.3) is 5.56 Å². The average molecular weight is 440 g/mol. The molecule has 5 rings (SSSR count). The maximum Gasteiger partial charge on any atom is 0.343 e. The maximum absolute atomic E-state index is 13.0. The number of nitrogens with zero attached hydrogens (tertiary/aromatic N) is 1. The molecule has 2 aromatic heterocycles. The molecule has 2 aromatic rings. The summed E-state index contributed by atoms with van der Waals surface area (Å²) >= 11 is 5.08. The van der Waals surface area contributed by atoms with Gasteiger partial charge in [-0.1, -0.05) is 0 Å². The lowest BCUT2D eigenvalue weighted by atomic mass is 9.80. The number of piperidine rings is 2. The van der Waals surface area contributed by atoms with Gasteiger partial charge in [-0.2, -0.15) is 0 Å². The third-order valence-corrected chi connectivity index (χ3v) is 7.24. The van der Waals surface area contributed by atoms with Crippen LogP contribution in [-0.2, 0) is 6.54 Å². The van der Waals surface area contributed by atoms with Crippen molar-refractivity contribution in [1.82, 2.24) is 9.55 Å². The summed E-state index contributed by atoms with van der Waals surface area (Å²) in [5.74, 6) is -0.501. The predicted octanol–water partition coefficient (Wildman–Crippen LogP) is -0.521. The number of fused-ring (bicyclic) bond motifs is 1. The third-order valence-electron chi connectivity index (χ3n) is 6.91. The van der Waals surface area contributed by atoms with Gasteiger partial charge < -0.3 is 19.0 Å². The molecular weight excluding hydrogens is 414 g/mol. The first-order valence-electron chi connectivity index (χ1n) is 10.9. The molecule has 7 nitrogen and oxygen atoms in total. The normalized spacial score (nSPS) is 22.7. The van der Waals surface area contributed by atoms with Gasteiger partial charge in [0.15, 0.2) is 4.77 Å². The molecule has 2 unspecified atom stereocenters. The van der Waals surface area contributed by atoms with Crippen LogP contribution in [0.2, 0.25) is 0 Å². The SMILES string of the molecule is CCn1c([O-])c(C=c2c(C)c3c(oc2=O)=C2CCC[NH+]4CCCC(=C3)C24)c(=O)[nH]c1=S. The largest absolute Gasteiger partial charge is 0.859 e. The Morgan fingerprint density at radius 3 is 2.81 bits per heavy atom. The number of H-pyrrole nitrogens is 1. The van der Waals surface area contributed by atoms with Crippen LogP contribution in [0.4, 0.5) is 0 Å². The molecule has 2 fully saturated rings. The van der Waals surface area contributed by atoms with Gasteiger partial charge in [0, 0.05) is 36.1 Å². The number of rotatable bonds is 2. The van der Waals surface area contributed by atoms with Crippen molar-refractivity contribution in [3.63, 3.8) is 0 Å². The van der Waals surface area contributed by atoms with E-state index in [-0.39, 0.29) is 15.6 Å². The van der Waals surface area contributed by atoms with Crippen LogP contribution in [0.25, 0.3) is 17.7 Å². The molecule has 0 spiro atoms. The number of quaternary nitrogens is 1. The van der Waals surface area contributed by atoms with E-state index in [1.54, 1.807) is 11.8 Å². The van der Waals surface area contributed by atoms with E-state index in [0.29, 0.717) is 18.0 Å². The van der Waals surface area contributed by atoms with Gasteiger partial charge in [0.1, 0.15) is 11.5 Å². The molecule has 0 aromatic carbocycles. The lowest BCUT2D eigenvalue weighted by molar-refractivity contribution is -0.918. The minimum absolute atomic E-state index is 0.0812. The van der Waals surface area contributed by atoms with Gasteiger partial charge >= 0.3 is 5.63 Å². The van der Waals surface area contributed by atoms with Crippen LogP contribution in [0.1, 0.15) is 49.3 Å². The molecule has 8 heteroatoms. The number of nitrogens with one attached hydrogen (secondary N) is 2. The van der Waals surface area contributed by atoms with Crippen molar-refractivity contribution in [3.8, 4) is 5.88 Å². The molecule has 162 valence electrons. The highest BCUT2D eigenvalue weighted by atomic mass is 32.1. The molecule has 0 radical (unpaired) electrons. The van der Waals surface area contributed by atoms with Gasteiger partial charge in [-0.25, -0.2) is 4.79 Å². The summed E-state index contributed by atoms with van der Waals surface area (Å²) in [5, 5.41) is 13.0. The van der Waals surface area contributed by atoms with Crippen molar-refractivity contribution in [3.05, 3.63) is 58.4 Å². The lowest BCUT2D eigenvalue weighted by Crippen LogP contribution is -3.17. The summed E-state index contributed by atoms with van der Waals surface area (Å²) in [6, 6.07) is 0.326. The zero-order valence-electron chi connectivity index (χ0n) is 17.7. The molecular formula is C23H25N3O4S. The van der Waals surface area contributed by atoms with Crippen molar-refractivity contribution >= 4 is 29.9 Å². The lowest BCUT2D eigenvalue weighted by Gasteiger charge is -2.40. The summed E-state index contributed by atoms with van der Waals surface area (Å²) in [4.78, 5) is 29.5. The van der Waals surface area contributed by atoms with Gasteiger partial charge in [0.2, 0.25) is 0 Å². The molecule has 4 heterocycles. The van der Waals surface area contributed by atoms with E-state index in [2.05, 4.69) is 11.1 Å². The highest BCUT2D eigenvalue weighted by Gasteiger charge is 2.39. The first kappa shape index (κ1) is 20.2. The Hall–Kier alpha value is -2.71. The van der Waals surface area contributed by atoms with Crippen LogP contribution in [0.3, 0.4) is 0 Å². The molecule has 1 aliphatic carbocycles. The Kier molecular flexibility index (Phi) is 4.86. The fraction of sp³-hybridized carbons (Fsp3) is 0.435. The molecule has 2 N–H and O–H groups in total. The quantitative estimate of drug-likeness (QED) is 0.614. The molecule has 0 saturated carbocycles. The topological polar surface area (TPSA) is 95.5 Å². The number of hydrogen-bond donors (Lipinski definition) is 2. The summed E-state index contributed by atoms with van der Waals surface area (Å²) in [7, 11) is 0. The second-order valence-electron chi connectivity index (χ2n) is 8.58. The van der Waals surface area contributed by atoms with Crippen molar-refractivity contribution in [2.45, 2.75) is 52.1 Å². The molecule has 3 aliphatic rings. The van der Waals surface area contributed by atoms with E-state index in [1.165, 1.54) is 21.8 Å². The second-order valence-corrected chi connectivity index (χ2v) is 8.97. The fourth-order valence-electron chi connectivity index (χ4n) is 5.42. The maximum atomic E-state index is 13.0. The van der Waals surface area contributed by atoms with Crippen LogP contribution < -0.4 is 31.8 Å². The van der Waals surface area contributed by atoms with Gasteiger partial charge in [-0.15, -0.1) is 0 Å². The summed E-state index contributed by atoms with van der Waals surface area (Å²) in [5.41, 5.74) is 3.73. The molecule has 2 saturated heterocycles. The first-order chi connectivity index (χ1) is 14.9. The van der Waals surface area contributed by atoms with Gasteiger partial charge in [-0.3, -0.25) is 9.78 Å². The van der Waals surface area contributed by atoms with E-state index < -0.39 is 17.1 Å². The molecule has 2 aliphatic heterocycles. The third kappa shape index (κ3) is 3.08. The molecule has 31 heavy (non-hydrogen) atoms. The van der Waals surface area contributed by atoms with E-state index in [4.69, 9.17) is 16.6 Å². The minimum atomic E-state index is -0.595. The van der Waals surface area contributed by atoms with Gasteiger partial charge in [-0.05, 0) is 68.1 Å². The van der Waals surface area contributed by atoms with E-state index >= 15 is 0 Å². The summed E-state index contributed by atoms with van der Waals surface area (Å²) in [6.45, 7) is 6.28. The van der Waals surface area contributed by atoms with Crippen molar-refractivity contribution in [2.24, 2.45) is 0 Å². The Balaban J connectivity index is 1.81. The monoisotopic (exact) mass is 439 g/mol. The molecule has 0 bridgehead atoms. The van der Waals surface area contributed by atoms with Crippen LogP contribution in [0, 0.1) is 11.7 Å². The fourth-order valence-corrected chi connectivity index (χ4v) is 5.73. The second kappa shape index (κ2) is 7.46. The van der Waals surface area contributed by atoms with Crippen molar-refractivity contribution in [1.29, 1.82) is 0 Å². The Morgan fingerprint density at radius 1 is 1.32 bits per heavy atom. The predicted molar refractivity (Wildman–Crippen MR) is 118 cm³/mol. The summed E-state index contributed by atoms with van der Waals surface area (Å²) < 4.78 is 7.24. The Labute approximate surface area is 183 Å². The average Bonchev–Trinajstić information content (AvgIpc) is 2.74. The summed E-state index contributed by atoms with van der Waals surface area (Å²) in [6.07, 6.45) is 7.77. The van der Waals surface area contributed by atoms with Crippen molar-refractivity contribution in [2.75, 3.05) is 13.1 Å². The standard InChI is InChI=1S/C23H25N3O4S/c1-3-26-21(28)17(20(27)24-23(26)31)11-16-12(2)15-10-13-6-4-8-25-9-5-7-14(18(13)25)19(15)30-22(16)29/h10-11,18,28H,3-9H2,1-2H3,(H,24,27,31). The smallest absolute Gasteiger partial charge is 0.343 e. The Morgan fingerprint density at radius 2 is 2.06 bits per heavy atom. The van der Waals surface area contributed by atoms with Crippen molar-refractivity contribution < 1.29 is 14.4 Å².